The molecule has 0 aliphatic heterocycles. The fourth-order valence-electron chi connectivity index (χ4n) is 3.23. The number of thiazole rings is 1. The summed E-state index contributed by atoms with van der Waals surface area (Å²) in [5.41, 5.74) is 3.27. The lowest BCUT2D eigenvalue weighted by molar-refractivity contribution is 0.102. The van der Waals surface area contributed by atoms with E-state index in [0.29, 0.717) is 36.3 Å². The number of amides is 1. The van der Waals surface area contributed by atoms with Crippen LogP contribution in [0.25, 0.3) is 21.7 Å². The second-order valence-corrected chi connectivity index (χ2v) is 7.73. The van der Waals surface area contributed by atoms with Gasteiger partial charge in [0.1, 0.15) is 9.88 Å². The normalized spacial score (nSPS) is 11.1. The van der Waals surface area contributed by atoms with Crippen molar-refractivity contribution in [3.05, 3.63) is 59.2 Å². The fraction of sp³-hybridized carbons (Fsp3) is 0.273. The molecule has 0 aliphatic carbocycles. The number of nitrogens with one attached hydrogen (secondary N) is 1. The summed E-state index contributed by atoms with van der Waals surface area (Å²) in [6, 6.07) is 13.5. The Morgan fingerprint density at radius 2 is 2.00 bits per heavy atom. The Bertz CT molecular complexity index is 1150. The van der Waals surface area contributed by atoms with Crippen LogP contribution in [0.1, 0.15) is 28.7 Å². The number of fused-ring (bicyclic) bond motifs is 1. The molecule has 3 heterocycles. The maximum atomic E-state index is 13.0. The molecule has 0 bridgehead atoms. The summed E-state index contributed by atoms with van der Waals surface area (Å²) in [4.78, 5) is 27.1. The zero-order valence-corrected chi connectivity index (χ0v) is 17.8. The molecule has 8 heteroatoms. The molecule has 1 aromatic carbocycles. The molecular weight excluding hydrogens is 398 g/mol. The highest BCUT2D eigenvalue weighted by molar-refractivity contribution is 7.17. The number of hydrogen-bond donors (Lipinski definition) is 1. The number of aryl methyl sites for hydroxylation is 2. The molecule has 4 aromatic rings. The summed E-state index contributed by atoms with van der Waals surface area (Å²) in [5.74, 6) is 0.318. The Morgan fingerprint density at radius 1 is 1.17 bits per heavy atom. The maximum Gasteiger partial charge on any atom is 0.269 e. The number of ether oxygens (including phenoxy) is 1. The third-order valence-electron chi connectivity index (χ3n) is 4.64. The van der Waals surface area contributed by atoms with Crippen molar-refractivity contribution in [1.82, 2.24) is 19.5 Å². The van der Waals surface area contributed by atoms with Crippen molar-refractivity contribution in [3.8, 4) is 10.7 Å². The monoisotopic (exact) mass is 421 g/mol. The van der Waals surface area contributed by atoms with Gasteiger partial charge in [-0.3, -0.25) is 15.1 Å². The van der Waals surface area contributed by atoms with Gasteiger partial charge in [0, 0.05) is 26.0 Å². The van der Waals surface area contributed by atoms with Crippen LogP contribution in [-0.4, -0.2) is 38.6 Å². The molecule has 1 N–H and O–H groups in total. The number of pyridine rings is 1. The highest BCUT2D eigenvalue weighted by atomic mass is 32.1. The van der Waals surface area contributed by atoms with E-state index in [2.05, 4.69) is 20.3 Å². The number of carbonyl (C=O) groups excluding carboxylic acids is 1. The standard InChI is InChI=1S/C22H23N5O2S/c1-3-29-14-8-13-27-18-11-5-4-9-16(18)25-22(27)26-20(28)19-15(2)24-21(30-19)17-10-6-7-12-23-17/h4-7,9-12H,3,8,13-14H2,1-2H3,(H,25,26,28). The van der Waals surface area contributed by atoms with Crippen molar-refractivity contribution in [2.24, 2.45) is 0 Å². The van der Waals surface area contributed by atoms with E-state index in [-0.39, 0.29) is 5.91 Å². The number of hydrogen-bond acceptors (Lipinski definition) is 6. The van der Waals surface area contributed by atoms with Gasteiger partial charge in [0.25, 0.3) is 5.91 Å². The van der Waals surface area contributed by atoms with Crippen molar-refractivity contribution < 1.29 is 9.53 Å². The smallest absolute Gasteiger partial charge is 0.269 e. The van der Waals surface area contributed by atoms with Crippen LogP contribution in [0.5, 0.6) is 0 Å². The molecule has 0 saturated heterocycles. The lowest BCUT2D eigenvalue weighted by Crippen LogP contribution is -2.16. The molecule has 7 nitrogen and oxygen atoms in total. The van der Waals surface area contributed by atoms with Crippen molar-refractivity contribution in [2.45, 2.75) is 26.8 Å². The molecule has 0 spiro atoms. The largest absolute Gasteiger partial charge is 0.382 e. The van der Waals surface area contributed by atoms with Crippen LogP contribution in [0.15, 0.2) is 48.7 Å². The number of rotatable bonds is 8. The summed E-state index contributed by atoms with van der Waals surface area (Å²) in [7, 11) is 0. The van der Waals surface area contributed by atoms with E-state index in [1.54, 1.807) is 6.20 Å². The zero-order valence-electron chi connectivity index (χ0n) is 17.0. The number of imidazole rings is 1. The maximum absolute atomic E-state index is 13.0. The van der Waals surface area contributed by atoms with E-state index in [9.17, 15) is 4.79 Å². The van der Waals surface area contributed by atoms with Crippen molar-refractivity contribution in [1.29, 1.82) is 0 Å². The van der Waals surface area contributed by atoms with Gasteiger partial charge >= 0.3 is 0 Å². The van der Waals surface area contributed by atoms with Gasteiger partial charge in [-0.05, 0) is 44.5 Å². The van der Waals surface area contributed by atoms with Crippen LogP contribution in [0.3, 0.4) is 0 Å². The molecule has 0 fully saturated rings. The molecule has 154 valence electrons. The average Bonchev–Trinajstić information content (AvgIpc) is 3.32. The Hall–Kier alpha value is -3.10. The van der Waals surface area contributed by atoms with Crippen LogP contribution < -0.4 is 5.32 Å². The first-order chi connectivity index (χ1) is 14.7. The number of para-hydroxylation sites is 2. The minimum atomic E-state index is -0.214. The summed E-state index contributed by atoms with van der Waals surface area (Å²) >= 11 is 1.33. The summed E-state index contributed by atoms with van der Waals surface area (Å²) < 4.78 is 7.49. The number of aromatic nitrogens is 4. The zero-order chi connectivity index (χ0) is 20.9. The van der Waals surface area contributed by atoms with E-state index in [0.717, 1.165) is 28.2 Å². The minimum Gasteiger partial charge on any atom is -0.382 e. The third kappa shape index (κ3) is 4.24. The predicted molar refractivity (Wildman–Crippen MR) is 119 cm³/mol. The second kappa shape index (κ2) is 9.15. The molecule has 0 unspecified atom stereocenters. The van der Waals surface area contributed by atoms with Crippen molar-refractivity contribution >= 4 is 34.2 Å². The number of nitrogens with zero attached hydrogens (tertiary/aromatic N) is 4. The van der Waals surface area contributed by atoms with Crippen LogP contribution in [0.2, 0.25) is 0 Å². The van der Waals surface area contributed by atoms with Gasteiger partial charge in [-0.25, -0.2) is 9.97 Å². The van der Waals surface area contributed by atoms with Crippen molar-refractivity contribution in [2.75, 3.05) is 18.5 Å². The van der Waals surface area contributed by atoms with Crippen LogP contribution in [-0.2, 0) is 11.3 Å². The minimum absolute atomic E-state index is 0.214. The number of carbonyl (C=O) groups is 1. The first-order valence-electron chi connectivity index (χ1n) is 9.90. The Kier molecular flexibility index (Phi) is 6.15. The molecule has 30 heavy (non-hydrogen) atoms. The van der Waals surface area contributed by atoms with E-state index in [1.807, 2.05) is 60.9 Å². The highest BCUT2D eigenvalue weighted by Gasteiger charge is 2.20. The molecule has 0 radical (unpaired) electrons. The van der Waals surface area contributed by atoms with Gasteiger partial charge in [0.05, 0.1) is 22.4 Å². The molecule has 0 saturated carbocycles. The first-order valence-corrected chi connectivity index (χ1v) is 10.7. The first kappa shape index (κ1) is 20.2. The highest BCUT2D eigenvalue weighted by Crippen LogP contribution is 2.28. The SMILES string of the molecule is CCOCCCn1c(NC(=O)c2sc(-c3ccccn3)nc2C)nc2ccccc21. The van der Waals surface area contributed by atoms with Gasteiger partial charge in [-0.1, -0.05) is 18.2 Å². The van der Waals surface area contributed by atoms with Gasteiger partial charge < -0.3 is 9.30 Å². The van der Waals surface area contributed by atoms with Crippen LogP contribution >= 0.6 is 11.3 Å². The molecule has 4 rings (SSSR count). The van der Waals surface area contributed by atoms with Gasteiger partial charge in [-0.2, -0.15) is 0 Å². The average molecular weight is 422 g/mol. The number of benzene rings is 1. The molecule has 0 atom stereocenters. The van der Waals surface area contributed by atoms with Gasteiger partial charge in [0.15, 0.2) is 0 Å². The third-order valence-corrected chi connectivity index (χ3v) is 5.82. The van der Waals surface area contributed by atoms with E-state index in [4.69, 9.17) is 4.74 Å². The fourth-order valence-corrected chi connectivity index (χ4v) is 4.17. The predicted octanol–water partition coefficient (Wildman–Crippen LogP) is 4.54. The van der Waals surface area contributed by atoms with Gasteiger partial charge in [0.2, 0.25) is 5.95 Å². The van der Waals surface area contributed by atoms with Gasteiger partial charge in [-0.15, -0.1) is 11.3 Å². The molecular formula is C22H23N5O2S. The van der Waals surface area contributed by atoms with Crippen LogP contribution in [0, 0.1) is 6.92 Å². The quantitative estimate of drug-likeness (QED) is 0.422. The Balaban J connectivity index is 1.59. The molecule has 0 aliphatic rings. The molecule has 3 aromatic heterocycles. The topological polar surface area (TPSA) is 81.9 Å². The van der Waals surface area contributed by atoms with Crippen LogP contribution in [0.4, 0.5) is 5.95 Å². The second-order valence-electron chi connectivity index (χ2n) is 6.73. The van der Waals surface area contributed by atoms with E-state index < -0.39 is 0 Å². The Labute approximate surface area is 178 Å². The lowest BCUT2D eigenvalue weighted by atomic mass is 10.3. The lowest BCUT2D eigenvalue weighted by Gasteiger charge is -2.10. The van der Waals surface area contributed by atoms with Crippen molar-refractivity contribution in [3.63, 3.8) is 0 Å². The summed E-state index contributed by atoms with van der Waals surface area (Å²) in [6.07, 6.45) is 2.55. The summed E-state index contributed by atoms with van der Waals surface area (Å²) in [5, 5.41) is 3.71. The summed E-state index contributed by atoms with van der Waals surface area (Å²) in [6.45, 7) is 5.88. The Morgan fingerprint density at radius 3 is 2.80 bits per heavy atom. The molecule has 1 amide bonds. The van der Waals surface area contributed by atoms with E-state index in [1.165, 1.54) is 11.3 Å². The van der Waals surface area contributed by atoms with E-state index >= 15 is 0 Å². The number of anilines is 1.